The molecule has 0 radical (unpaired) electrons. The number of carbonyl (C=O) groups excluding carboxylic acids is 2. The summed E-state index contributed by atoms with van der Waals surface area (Å²) in [6.45, 7) is 6.18. The van der Waals surface area contributed by atoms with Crippen molar-refractivity contribution in [3.05, 3.63) is 23.8 Å². The lowest BCUT2D eigenvalue weighted by molar-refractivity contribution is -0.137. The van der Waals surface area contributed by atoms with Crippen LogP contribution in [0, 0.1) is 17.8 Å². The number of carbonyl (C=O) groups is 2. The van der Waals surface area contributed by atoms with E-state index in [0.717, 1.165) is 24.0 Å². The Morgan fingerprint density at radius 3 is 2.26 bits per heavy atom. The van der Waals surface area contributed by atoms with Crippen LogP contribution in [-0.2, 0) is 9.59 Å². The Morgan fingerprint density at radius 2 is 1.79 bits per heavy atom. The van der Waals surface area contributed by atoms with Crippen molar-refractivity contribution >= 4 is 11.8 Å². The van der Waals surface area contributed by atoms with Crippen LogP contribution >= 0.6 is 0 Å². The van der Waals surface area contributed by atoms with E-state index in [1.54, 1.807) is 6.08 Å². The molecule has 1 saturated carbocycles. The fourth-order valence-corrected chi connectivity index (χ4v) is 4.25. The predicted molar refractivity (Wildman–Crippen MR) is 73.2 cm³/mol. The summed E-state index contributed by atoms with van der Waals surface area (Å²) >= 11 is 0. The van der Waals surface area contributed by atoms with Crippen LogP contribution in [0.15, 0.2) is 23.8 Å². The van der Waals surface area contributed by atoms with Crippen LogP contribution in [0.1, 0.15) is 39.0 Å². The molecule has 2 bridgehead atoms. The van der Waals surface area contributed by atoms with E-state index in [2.05, 4.69) is 13.5 Å². The number of fused-ring (bicyclic) bond motifs is 4. The second-order valence-corrected chi connectivity index (χ2v) is 5.93. The Labute approximate surface area is 114 Å². The highest BCUT2D eigenvalue weighted by molar-refractivity contribution is 6.20. The minimum absolute atomic E-state index is 0.0337. The molecule has 3 aliphatic rings. The van der Waals surface area contributed by atoms with E-state index in [9.17, 15) is 9.59 Å². The first kappa shape index (κ1) is 12.6. The van der Waals surface area contributed by atoms with Crippen molar-refractivity contribution in [2.24, 2.45) is 17.8 Å². The van der Waals surface area contributed by atoms with Crippen molar-refractivity contribution in [1.29, 1.82) is 0 Å². The van der Waals surface area contributed by atoms with Gasteiger partial charge in [0, 0.05) is 17.7 Å². The number of hydrogen-bond acceptors (Lipinski definition) is 2. The van der Waals surface area contributed by atoms with Gasteiger partial charge in [0.05, 0.1) is 0 Å². The Hall–Kier alpha value is -1.38. The maximum absolute atomic E-state index is 12.4. The molecule has 0 N–H and O–H groups in total. The van der Waals surface area contributed by atoms with Gasteiger partial charge in [0.15, 0.2) is 0 Å². The van der Waals surface area contributed by atoms with Crippen molar-refractivity contribution < 1.29 is 9.59 Å². The highest BCUT2D eigenvalue weighted by Gasteiger charge is 2.56. The molecule has 0 aromatic rings. The van der Waals surface area contributed by atoms with Gasteiger partial charge in [0.2, 0.25) is 0 Å². The summed E-state index contributed by atoms with van der Waals surface area (Å²) in [5.74, 6) is 1.21. The first-order valence-corrected chi connectivity index (χ1v) is 7.41. The van der Waals surface area contributed by atoms with Crippen LogP contribution in [0.25, 0.3) is 0 Å². The quantitative estimate of drug-likeness (QED) is 0.562. The van der Waals surface area contributed by atoms with Gasteiger partial charge in [-0.1, -0.05) is 25.8 Å². The second kappa shape index (κ2) is 4.62. The van der Waals surface area contributed by atoms with Crippen LogP contribution in [0.2, 0.25) is 0 Å². The lowest BCUT2D eigenvalue weighted by Gasteiger charge is -2.22. The van der Waals surface area contributed by atoms with Crippen LogP contribution in [0.5, 0.6) is 0 Å². The van der Waals surface area contributed by atoms with E-state index in [4.69, 9.17) is 0 Å². The average molecular weight is 259 g/mol. The van der Waals surface area contributed by atoms with Crippen molar-refractivity contribution in [1.82, 2.24) is 4.90 Å². The molecule has 0 spiro atoms. The molecule has 2 amide bonds. The number of amides is 2. The molecule has 1 aliphatic heterocycles. The number of rotatable bonds is 5. The topological polar surface area (TPSA) is 37.4 Å². The van der Waals surface area contributed by atoms with Crippen LogP contribution in [0.3, 0.4) is 0 Å². The first-order valence-electron chi connectivity index (χ1n) is 7.41. The van der Waals surface area contributed by atoms with E-state index in [1.165, 1.54) is 24.2 Å². The summed E-state index contributed by atoms with van der Waals surface area (Å²) in [5, 5.41) is 0. The van der Waals surface area contributed by atoms with E-state index < -0.39 is 0 Å². The molecule has 1 fully saturated rings. The summed E-state index contributed by atoms with van der Waals surface area (Å²) in [7, 11) is 0. The molecular formula is C16H21NO2. The summed E-state index contributed by atoms with van der Waals surface area (Å²) in [6, 6.07) is 0. The fraction of sp³-hybridized carbons (Fsp3) is 0.625. The molecule has 102 valence electrons. The summed E-state index contributed by atoms with van der Waals surface area (Å²) < 4.78 is 0. The number of imide groups is 1. The third kappa shape index (κ3) is 1.63. The normalized spacial score (nSPS) is 32.5. The van der Waals surface area contributed by atoms with Crippen molar-refractivity contribution in [3.8, 4) is 0 Å². The first-order chi connectivity index (χ1) is 9.20. The van der Waals surface area contributed by atoms with E-state index >= 15 is 0 Å². The molecule has 2 aliphatic carbocycles. The second-order valence-electron chi connectivity index (χ2n) is 5.93. The highest BCUT2D eigenvalue weighted by atomic mass is 16.2. The molecule has 0 aromatic heterocycles. The SMILES string of the molecule is C=CCN1C(=O)C2=C(C1=O)C1CCC2C1CCCC. The molecule has 3 rings (SSSR count). The maximum atomic E-state index is 12.4. The molecule has 19 heavy (non-hydrogen) atoms. The zero-order valence-electron chi connectivity index (χ0n) is 11.5. The molecule has 0 aromatic carbocycles. The monoisotopic (exact) mass is 259 g/mol. The standard InChI is InChI=1S/C16H21NO2/c1-3-5-6-10-11-7-8-12(10)14-13(11)15(18)17(9-4-2)16(14)19/h4,10-12H,2-3,5-9H2,1H3. The number of hydrogen-bond donors (Lipinski definition) is 0. The third-order valence-corrected chi connectivity index (χ3v) is 5.01. The number of unbranched alkanes of at least 4 members (excludes halogenated alkanes) is 1. The Balaban J connectivity index is 1.86. The van der Waals surface area contributed by atoms with Crippen molar-refractivity contribution in [2.45, 2.75) is 39.0 Å². The van der Waals surface area contributed by atoms with Gasteiger partial charge >= 0.3 is 0 Å². The number of likely N-dealkylation sites (tertiary alicyclic amines) is 1. The third-order valence-electron chi connectivity index (χ3n) is 5.01. The van der Waals surface area contributed by atoms with Gasteiger partial charge in [-0.3, -0.25) is 14.5 Å². The smallest absolute Gasteiger partial charge is 0.257 e. The molecule has 2 atom stereocenters. The lowest BCUT2D eigenvalue weighted by Crippen LogP contribution is -2.35. The minimum atomic E-state index is -0.0337. The molecule has 2 unspecified atom stereocenters. The van der Waals surface area contributed by atoms with Gasteiger partial charge in [-0.2, -0.15) is 0 Å². The molecule has 0 saturated heterocycles. The largest absolute Gasteiger partial charge is 0.271 e. The lowest BCUT2D eigenvalue weighted by atomic mass is 9.87. The van der Waals surface area contributed by atoms with Crippen molar-refractivity contribution in [2.75, 3.05) is 6.54 Å². The Morgan fingerprint density at radius 1 is 1.21 bits per heavy atom. The number of nitrogens with zero attached hydrogens (tertiary/aromatic N) is 1. The molecule has 1 heterocycles. The Kier molecular flexibility index (Phi) is 3.08. The maximum Gasteiger partial charge on any atom is 0.257 e. The van der Waals surface area contributed by atoms with Crippen LogP contribution in [-0.4, -0.2) is 23.3 Å². The van der Waals surface area contributed by atoms with Gasteiger partial charge in [-0.05, 0) is 37.0 Å². The molecule has 3 nitrogen and oxygen atoms in total. The van der Waals surface area contributed by atoms with E-state index in [-0.39, 0.29) is 11.8 Å². The Bertz CT molecular complexity index is 443. The highest BCUT2D eigenvalue weighted by Crippen LogP contribution is 2.57. The van der Waals surface area contributed by atoms with Crippen LogP contribution in [0.4, 0.5) is 0 Å². The van der Waals surface area contributed by atoms with E-state index in [0.29, 0.717) is 24.3 Å². The van der Waals surface area contributed by atoms with Gasteiger partial charge in [0.1, 0.15) is 0 Å². The molecule has 3 heteroatoms. The minimum Gasteiger partial charge on any atom is -0.271 e. The van der Waals surface area contributed by atoms with Gasteiger partial charge < -0.3 is 0 Å². The zero-order valence-corrected chi connectivity index (χ0v) is 11.5. The fourth-order valence-electron chi connectivity index (χ4n) is 4.25. The van der Waals surface area contributed by atoms with Crippen LogP contribution < -0.4 is 0 Å². The summed E-state index contributed by atoms with van der Waals surface area (Å²) in [6.07, 6.45) is 7.38. The van der Waals surface area contributed by atoms with Gasteiger partial charge in [-0.25, -0.2) is 0 Å². The summed E-state index contributed by atoms with van der Waals surface area (Å²) in [4.78, 5) is 26.2. The summed E-state index contributed by atoms with van der Waals surface area (Å²) in [5.41, 5.74) is 1.73. The zero-order chi connectivity index (χ0) is 13.6. The molecular weight excluding hydrogens is 238 g/mol. The van der Waals surface area contributed by atoms with Gasteiger partial charge in [-0.15, -0.1) is 6.58 Å². The predicted octanol–water partition coefficient (Wildman–Crippen LogP) is 2.68. The van der Waals surface area contributed by atoms with Crippen molar-refractivity contribution in [3.63, 3.8) is 0 Å². The van der Waals surface area contributed by atoms with Gasteiger partial charge in [0.25, 0.3) is 11.8 Å². The van der Waals surface area contributed by atoms with E-state index in [1.807, 2.05) is 0 Å². The average Bonchev–Trinajstić information content (AvgIpc) is 3.02.